The van der Waals surface area contributed by atoms with Crippen LogP contribution in [0.1, 0.15) is 23.3 Å². The van der Waals surface area contributed by atoms with E-state index in [9.17, 15) is 18.0 Å². The van der Waals surface area contributed by atoms with E-state index in [-0.39, 0.29) is 17.6 Å². The molecule has 0 unspecified atom stereocenters. The highest BCUT2D eigenvalue weighted by Gasteiger charge is 2.40. The molecule has 7 rings (SSSR count). The molecule has 6 aromatic rings. The lowest BCUT2D eigenvalue weighted by atomic mass is 10.1. The summed E-state index contributed by atoms with van der Waals surface area (Å²) in [5, 5.41) is 4.67. The second-order valence-electron chi connectivity index (χ2n) is 11.5. The first-order chi connectivity index (χ1) is 23.2. The predicted octanol–water partition coefficient (Wildman–Crippen LogP) is 5.13. The summed E-state index contributed by atoms with van der Waals surface area (Å²) in [6.45, 7) is 1.24. The number of ether oxygens (including phenoxy) is 2. The molecule has 5 heterocycles. The Morgan fingerprint density at radius 1 is 1.04 bits per heavy atom. The van der Waals surface area contributed by atoms with Crippen molar-refractivity contribution in [1.82, 2.24) is 39.5 Å². The third kappa shape index (κ3) is 6.03. The molecular weight excluding hydrogens is 629 g/mol. The second-order valence-corrected chi connectivity index (χ2v) is 11.5. The van der Waals surface area contributed by atoms with Crippen LogP contribution in [-0.4, -0.2) is 85.8 Å². The zero-order valence-corrected chi connectivity index (χ0v) is 26.1. The first-order valence-electron chi connectivity index (χ1n) is 15.2. The van der Waals surface area contributed by atoms with Crippen LogP contribution in [0.4, 0.5) is 13.2 Å². The number of benzene rings is 2. The number of piperazine rings is 1. The van der Waals surface area contributed by atoms with Gasteiger partial charge in [0.25, 0.3) is 0 Å². The van der Waals surface area contributed by atoms with Gasteiger partial charge in [-0.05, 0) is 30.7 Å². The fourth-order valence-electron chi connectivity index (χ4n) is 6.13. The summed E-state index contributed by atoms with van der Waals surface area (Å²) in [7, 11) is 2.96. The van der Waals surface area contributed by atoms with Crippen molar-refractivity contribution in [2.75, 3.05) is 40.4 Å². The van der Waals surface area contributed by atoms with Crippen LogP contribution in [0.3, 0.4) is 0 Å². The highest BCUT2D eigenvalue weighted by molar-refractivity contribution is 5.85. The topological polar surface area (TPSA) is 127 Å². The number of rotatable bonds is 9. The SMILES string of the molecule is COc1ccc2nc(C(F)(F)F)n(CC(=O)N3CCN(CCc4cnoc4)C[C@H]3c3ncc(-c4cc5ccccc5nc4OC)[nH]3)c2c1. The number of hydrogen-bond donors (Lipinski definition) is 1. The number of aromatic amines is 1. The number of halogens is 3. The smallest absolute Gasteiger partial charge is 0.449 e. The summed E-state index contributed by atoms with van der Waals surface area (Å²) in [6, 6.07) is 13.4. The molecule has 1 N–H and O–H groups in total. The Labute approximate surface area is 272 Å². The number of aromatic nitrogens is 6. The Bertz CT molecular complexity index is 2070. The van der Waals surface area contributed by atoms with Gasteiger partial charge in [0.15, 0.2) is 0 Å². The quantitative estimate of drug-likeness (QED) is 0.225. The number of carbonyl (C=O) groups excluding carboxylic acids is 1. The maximum absolute atomic E-state index is 14.2. The van der Waals surface area contributed by atoms with Gasteiger partial charge < -0.3 is 28.4 Å². The number of alkyl halides is 3. The number of imidazole rings is 2. The lowest BCUT2D eigenvalue weighted by Gasteiger charge is -2.40. The van der Waals surface area contributed by atoms with Crippen molar-refractivity contribution in [1.29, 1.82) is 0 Å². The molecule has 248 valence electrons. The Balaban J connectivity index is 1.23. The zero-order valence-electron chi connectivity index (χ0n) is 26.1. The number of nitrogens with zero attached hydrogens (tertiary/aromatic N) is 7. The first kappa shape index (κ1) is 31.2. The van der Waals surface area contributed by atoms with E-state index in [0.717, 1.165) is 21.0 Å². The fourth-order valence-corrected chi connectivity index (χ4v) is 6.13. The summed E-state index contributed by atoms with van der Waals surface area (Å²) in [4.78, 5) is 34.3. The molecule has 1 aliphatic rings. The Morgan fingerprint density at radius 2 is 1.90 bits per heavy atom. The normalized spacial score (nSPS) is 15.8. The number of nitrogens with one attached hydrogen (secondary N) is 1. The minimum absolute atomic E-state index is 0.111. The number of pyridine rings is 1. The highest BCUT2D eigenvalue weighted by Crippen LogP contribution is 2.35. The van der Waals surface area contributed by atoms with Gasteiger partial charge in [0.05, 0.1) is 54.4 Å². The molecule has 15 heteroatoms. The molecule has 0 aliphatic carbocycles. The third-order valence-electron chi connectivity index (χ3n) is 8.57. The van der Waals surface area contributed by atoms with Crippen LogP contribution in [0.15, 0.2) is 71.7 Å². The van der Waals surface area contributed by atoms with Gasteiger partial charge in [-0.1, -0.05) is 23.4 Å². The van der Waals surface area contributed by atoms with Crippen LogP contribution >= 0.6 is 0 Å². The monoisotopic (exact) mass is 660 g/mol. The lowest BCUT2D eigenvalue weighted by Crippen LogP contribution is -2.52. The van der Waals surface area contributed by atoms with E-state index in [4.69, 9.17) is 14.0 Å². The lowest BCUT2D eigenvalue weighted by molar-refractivity contribution is -0.148. The molecule has 1 saturated heterocycles. The van der Waals surface area contributed by atoms with E-state index in [0.29, 0.717) is 54.8 Å². The van der Waals surface area contributed by atoms with Gasteiger partial charge >= 0.3 is 6.18 Å². The van der Waals surface area contributed by atoms with Gasteiger partial charge in [0, 0.05) is 43.2 Å². The Morgan fingerprint density at radius 3 is 2.67 bits per heavy atom. The number of para-hydroxylation sites is 1. The molecule has 0 saturated carbocycles. The summed E-state index contributed by atoms with van der Waals surface area (Å²) in [5.41, 5.74) is 3.27. The predicted molar refractivity (Wildman–Crippen MR) is 168 cm³/mol. The van der Waals surface area contributed by atoms with Crippen molar-refractivity contribution < 1.29 is 32.0 Å². The summed E-state index contributed by atoms with van der Waals surface area (Å²) in [5.74, 6) is -0.423. The Kier molecular flexibility index (Phi) is 8.21. The average Bonchev–Trinajstić information content (AvgIpc) is 3.87. The van der Waals surface area contributed by atoms with Crippen LogP contribution in [0.5, 0.6) is 11.6 Å². The number of amides is 1. The molecule has 0 radical (unpaired) electrons. The van der Waals surface area contributed by atoms with Crippen molar-refractivity contribution >= 4 is 27.8 Å². The van der Waals surface area contributed by atoms with Crippen molar-refractivity contribution in [3.8, 4) is 22.9 Å². The van der Waals surface area contributed by atoms with Gasteiger partial charge in [0.2, 0.25) is 17.6 Å². The van der Waals surface area contributed by atoms with E-state index in [1.807, 2.05) is 30.3 Å². The standard InChI is InChI=1S/C33H31F3N8O4/c1-46-22-7-8-25-27(14-22)44(32(41-25)33(34,35)36)18-29(45)43-12-11-42(10-9-20-15-38-48-19-20)17-28(43)30-37-16-26(39-30)23-13-21-5-3-4-6-24(21)40-31(23)47-2/h3-8,13-16,19,28H,9-12,17-18H2,1-2H3,(H,37,39)/t28-/m0/s1. The molecule has 0 spiro atoms. The highest BCUT2D eigenvalue weighted by atomic mass is 19.4. The number of hydrogen-bond acceptors (Lipinski definition) is 9. The Hall–Kier alpha value is -5.44. The fraction of sp³-hybridized carbons (Fsp3) is 0.303. The van der Waals surface area contributed by atoms with E-state index in [1.54, 1.807) is 23.6 Å². The molecule has 2 aromatic carbocycles. The van der Waals surface area contributed by atoms with E-state index in [1.165, 1.54) is 32.4 Å². The second kappa shape index (κ2) is 12.6. The van der Waals surface area contributed by atoms with Gasteiger partial charge in [-0.15, -0.1) is 0 Å². The molecule has 4 aromatic heterocycles. The van der Waals surface area contributed by atoms with Crippen LogP contribution in [-0.2, 0) is 23.9 Å². The third-order valence-corrected chi connectivity index (χ3v) is 8.57. The number of H-pyrrole nitrogens is 1. The van der Waals surface area contributed by atoms with E-state index >= 15 is 0 Å². The van der Waals surface area contributed by atoms with Gasteiger partial charge in [-0.3, -0.25) is 9.69 Å². The van der Waals surface area contributed by atoms with Crippen LogP contribution in [0.2, 0.25) is 0 Å². The number of fused-ring (bicyclic) bond motifs is 2. The molecule has 12 nitrogen and oxygen atoms in total. The molecule has 1 atom stereocenters. The molecular formula is C33H31F3N8O4. The molecule has 48 heavy (non-hydrogen) atoms. The van der Waals surface area contributed by atoms with Crippen molar-refractivity contribution in [3.63, 3.8) is 0 Å². The van der Waals surface area contributed by atoms with Gasteiger partial charge in [0.1, 0.15) is 30.4 Å². The number of methoxy groups -OCH3 is 2. The average molecular weight is 661 g/mol. The molecule has 0 bridgehead atoms. The van der Waals surface area contributed by atoms with Gasteiger partial charge in [-0.25, -0.2) is 15.0 Å². The largest absolute Gasteiger partial charge is 0.497 e. The first-order valence-corrected chi connectivity index (χ1v) is 15.2. The molecule has 1 amide bonds. The van der Waals surface area contributed by atoms with Crippen molar-refractivity contribution in [2.45, 2.75) is 25.2 Å². The molecule has 1 aliphatic heterocycles. The maximum Gasteiger partial charge on any atom is 0.449 e. The van der Waals surface area contributed by atoms with Crippen molar-refractivity contribution in [2.24, 2.45) is 0 Å². The van der Waals surface area contributed by atoms with E-state index in [2.05, 4.69) is 30.0 Å². The van der Waals surface area contributed by atoms with Crippen molar-refractivity contribution in [3.05, 3.63) is 84.4 Å². The summed E-state index contributed by atoms with van der Waals surface area (Å²) < 4.78 is 59.3. The van der Waals surface area contributed by atoms with Crippen LogP contribution in [0.25, 0.3) is 33.2 Å². The molecule has 1 fully saturated rings. The van der Waals surface area contributed by atoms with Gasteiger partial charge in [-0.2, -0.15) is 13.2 Å². The van der Waals surface area contributed by atoms with Crippen LogP contribution in [0, 0.1) is 0 Å². The number of carbonyl (C=O) groups is 1. The minimum Gasteiger partial charge on any atom is -0.497 e. The summed E-state index contributed by atoms with van der Waals surface area (Å²) >= 11 is 0. The van der Waals surface area contributed by atoms with E-state index < -0.39 is 30.5 Å². The minimum atomic E-state index is -4.78. The summed E-state index contributed by atoms with van der Waals surface area (Å²) in [6.07, 6.45) is 0.786. The maximum atomic E-state index is 14.2. The van der Waals surface area contributed by atoms with Crippen LogP contribution < -0.4 is 9.47 Å². The zero-order chi connectivity index (χ0) is 33.4.